The molecular weight excluding hydrogens is 582 g/mol. The van der Waals surface area contributed by atoms with E-state index in [0.717, 1.165) is 37.7 Å². The third-order valence-corrected chi connectivity index (χ3v) is 8.70. The zero-order valence-corrected chi connectivity index (χ0v) is 27.1. The van der Waals surface area contributed by atoms with Crippen molar-refractivity contribution in [2.24, 2.45) is 0 Å². The smallest absolute Gasteiger partial charge is 0.268 e. The predicted octanol–water partition coefficient (Wildman–Crippen LogP) is 6.10. The molecule has 2 aromatic carbocycles. The number of hydrogen-bond acceptors (Lipinski definition) is 8. The van der Waals surface area contributed by atoms with E-state index in [1.165, 1.54) is 50.7 Å². The van der Waals surface area contributed by atoms with Crippen LogP contribution in [-0.4, -0.2) is 73.3 Å². The van der Waals surface area contributed by atoms with E-state index in [1.54, 1.807) is 30.3 Å². The molecule has 1 amide bonds. The van der Waals surface area contributed by atoms with Crippen molar-refractivity contribution < 1.29 is 36.9 Å². The van der Waals surface area contributed by atoms with Gasteiger partial charge >= 0.3 is 0 Å². The van der Waals surface area contributed by atoms with Gasteiger partial charge in [0.1, 0.15) is 18.5 Å². The molecule has 0 bridgehead atoms. The van der Waals surface area contributed by atoms with E-state index in [2.05, 4.69) is 11.6 Å². The highest BCUT2D eigenvalue weighted by Gasteiger charge is 2.22. The first kappa shape index (κ1) is 36.0. The molecule has 1 saturated heterocycles. The number of sulfonamides is 1. The SMILES string of the molecule is CCCCCCCCCCc1ccc(OCC2COCCCOCCOCCCO2)c(C(=O)NS(=O)(=O)c2ccccc2)c1. The van der Waals surface area contributed by atoms with E-state index in [1.807, 2.05) is 6.07 Å². The van der Waals surface area contributed by atoms with Crippen molar-refractivity contribution in [2.45, 2.75) is 88.6 Å². The number of rotatable bonds is 15. The lowest BCUT2D eigenvalue weighted by atomic mass is 10.0. The topological polar surface area (TPSA) is 109 Å². The van der Waals surface area contributed by atoms with Crippen LogP contribution in [0.2, 0.25) is 0 Å². The zero-order valence-electron chi connectivity index (χ0n) is 26.3. The molecule has 0 aromatic heterocycles. The summed E-state index contributed by atoms with van der Waals surface area (Å²) < 4.78 is 57.2. The summed E-state index contributed by atoms with van der Waals surface area (Å²) in [5.74, 6) is -0.438. The summed E-state index contributed by atoms with van der Waals surface area (Å²) >= 11 is 0. The first-order valence-corrected chi connectivity index (χ1v) is 17.7. The highest BCUT2D eigenvalue weighted by atomic mass is 32.2. The van der Waals surface area contributed by atoms with Gasteiger partial charge in [0, 0.05) is 26.4 Å². The van der Waals surface area contributed by atoms with Crippen molar-refractivity contribution in [3.8, 4) is 5.75 Å². The molecule has 44 heavy (non-hydrogen) atoms. The lowest BCUT2D eigenvalue weighted by Crippen LogP contribution is -2.32. The van der Waals surface area contributed by atoms with Gasteiger partial charge in [-0.3, -0.25) is 4.79 Å². The van der Waals surface area contributed by atoms with Crippen molar-refractivity contribution in [3.05, 3.63) is 59.7 Å². The van der Waals surface area contributed by atoms with Crippen LogP contribution in [0, 0.1) is 0 Å². The maximum atomic E-state index is 13.4. The van der Waals surface area contributed by atoms with Gasteiger partial charge in [-0.05, 0) is 55.5 Å². The molecule has 0 saturated carbocycles. The largest absolute Gasteiger partial charge is 0.490 e. The normalized spacial score (nSPS) is 17.4. The molecule has 0 radical (unpaired) electrons. The van der Waals surface area contributed by atoms with Gasteiger partial charge in [0.2, 0.25) is 0 Å². The van der Waals surface area contributed by atoms with Crippen molar-refractivity contribution >= 4 is 15.9 Å². The van der Waals surface area contributed by atoms with Crippen molar-refractivity contribution in [1.82, 2.24) is 4.72 Å². The molecule has 1 aliphatic rings. The zero-order chi connectivity index (χ0) is 31.3. The second-order valence-corrected chi connectivity index (χ2v) is 12.8. The maximum Gasteiger partial charge on any atom is 0.268 e. The molecular formula is C34H51NO8S. The number of hydrogen-bond donors (Lipinski definition) is 1. The fourth-order valence-electron chi connectivity index (χ4n) is 4.87. The summed E-state index contributed by atoms with van der Waals surface area (Å²) in [6, 6.07) is 13.3. The van der Waals surface area contributed by atoms with Gasteiger partial charge in [-0.15, -0.1) is 0 Å². The van der Waals surface area contributed by atoms with E-state index in [9.17, 15) is 13.2 Å². The number of nitrogens with one attached hydrogen (secondary N) is 1. The quantitative estimate of drug-likeness (QED) is 0.235. The van der Waals surface area contributed by atoms with Gasteiger partial charge in [-0.25, -0.2) is 13.1 Å². The van der Waals surface area contributed by atoms with Crippen molar-refractivity contribution in [3.63, 3.8) is 0 Å². The minimum Gasteiger partial charge on any atom is -0.490 e. The predicted molar refractivity (Wildman–Crippen MR) is 171 cm³/mol. The summed E-state index contributed by atoms with van der Waals surface area (Å²) in [6.07, 6.45) is 11.6. The van der Waals surface area contributed by atoms with Crippen LogP contribution in [-0.2, 0) is 35.4 Å². The first-order chi connectivity index (χ1) is 21.5. The highest BCUT2D eigenvalue weighted by Crippen LogP contribution is 2.23. The summed E-state index contributed by atoms with van der Waals surface area (Å²) in [4.78, 5) is 13.4. The minimum absolute atomic E-state index is 0.0190. The van der Waals surface area contributed by atoms with Crippen molar-refractivity contribution in [1.29, 1.82) is 0 Å². The minimum atomic E-state index is -4.06. The highest BCUT2D eigenvalue weighted by molar-refractivity contribution is 7.90. The third-order valence-electron chi connectivity index (χ3n) is 7.35. The fraction of sp³-hybridized carbons (Fsp3) is 0.618. The summed E-state index contributed by atoms with van der Waals surface area (Å²) in [5, 5.41) is 0. The second-order valence-electron chi connectivity index (χ2n) is 11.1. The fourth-order valence-corrected chi connectivity index (χ4v) is 5.86. The van der Waals surface area contributed by atoms with E-state index in [-0.39, 0.29) is 23.2 Å². The Morgan fingerprint density at radius 1 is 0.818 bits per heavy atom. The molecule has 1 unspecified atom stereocenters. The Morgan fingerprint density at radius 3 is 2.20 bits per heavy atom. The van der Waals surface area contributed by atoms with Crippen molar-refractivity contribution in [2.75, 3.05) is 52.9 Å². The molecule has 1 heterocycles. The average molecular weight is 634 g/mol. The van der Waals surface area contributed by atoms with Crippen LogP contribution in [0.3, 0.4) is 0 Å². The standard InChI is InChI=1S/C34H51NO8S/c1-2-3-4-5-6-7-8-10-15-29-18-19-33(32(26-29)34(36)35-44(37,38)31-16-11-9-12-17-31)43-28-30-27-41-22-13-20-39-24-25-40-21-14-23-42-30/h9,11-12,16-19,26,30H,2-8,10,13-15,20-25,27-28H2,1H3,(H,35,36). The molecule has 1 atom stereocenters. The van der Waals surface area contributed by atoms with Gasteiger partial charge in [-0.1, -0.05) is 76.1 Å². The van der Waals surface area contributed by atoms with Gasteiger partial charge in [0.05, 0.1) is 30.3 Å². The van der Waals surface area contributed by atoms with Crippen LogP contribution in [0.5, 0.6) is 5.75 Å². The molecule has 1 N–H and O–H groups in total. The molecule has 0 aliphatic carbocycles. The maximum absolute atomic E-state index is 13.4. The number of aryl methyl sites for hydroxylation is 1. The Kier molecular flexibility index (Phi) is 17.4. The summed E-state index contributed by atoms with van der Waals surface area (Å²) in [7, 11) is -4.06. The van der Waals surface area contributed by atoms with E-state index < -0.39 is 15.9 Å². The lowest BCUT2D eigenvalue weighted by Gasteiger charge is -2.21. The Morgan fingerprint density at radius 2 is 1.48 bits per heavy atom. The Balaban J connectivity index is 1.67. The van der Waals surface area contributed by atoms with E-state index >= 15 is 0 Å². The molecule has 10 heteroatoms. The molecule has 0 spiro atoms. The molecule has 1 fully saturated rings. The Labute approximate surface area is 264 Å². The number of ether oxygens (including phenoxy) is 5. The van der Waals surface area contributed by atoms with E-state index in [4.69, 9.17) is 23.7 Å². The van der Waals surface area contributed by atoms with Gasteiger partial charge in [-0.2, -0.15) is 0 Å². The van der Waals surface area contributed by atoms with Crippen LogP contribution in [0.15, 0.2) is 53.4 Å². The number of carbonyl (C=O) groups is 1. The lowest BCUT2D eigenvalue weighted by molar-refractivity contribution is -0.0516. The average Bonchev–Trinajstić information content (AvgIpc) is 3.03. The van der Waals surface area contributed by atoms with Crippen LogP contribution >= 0.6 is 0 Å². The van der Waals surface area contributed by atoms with Gasteiger partial charge in [0.15, 0.2) is 0 Å². The van der Waals surface area contributed by atoms with Gasteiger partial charge in [0.25, 0.3) is 15.9 Å². The summed E-state index contributed by atoms with van der Waals surface area (Å²) in [6.45, 7) is 5.96. The molecule has 2 aromatic rings. The molecule has 1 aliphatic heterocycles. The molecule has 9 nitrogen and oxygen atoms in total. The van der Waals surface area contributed by atoms with Crippen LogP contribution in [0.4, 0.5) is 0 Å². The number of unbranched alkanes of at least 4 members (excludes halogenated alkanes) is 7. The Bertz CT molecular complexity index is 1160. The van der Waals surface area contributed by atoms with Crippen LogP contribution < -0.4 is 9.46 Å². The van der Waals surface area contributed by atoms with Gasteiger partial charge < -0.3 is 23.7 Å². The first-order valence-electron chi connectivity index (χ1n) is 16.2. The van der Waals surface area contributed by atoms with Crippen LogP contribution in [0.1, 0.15) is 87.1 Å². The number of amides is 1. The molecule has 3 rings (SSSR count). The van der Waals surface area contributed by atoms with E-state index in [0.29, 0.717) is 52.0 Å². The number of benzene rings is 2. The summed E-state index contributed by atoms with van der Waals surface area (Å²) in [5.41, 5.74) is 1.14. The number of carbonyl (C=O) groups excluding carboxylic acids is 1. The van der Waals surface area contributed by atoms with Crippen LogP contribution in [0.25, 0.3) is 0 Å². The monoisotopic (exact) mass is 633 g/mol. The third kappa shape index (κ3) is 14.1. The Hall–Kier alpha value is -2.50. The molecule has 246 valence electrons. The second kappa shape index (κ2) is 21.3.